The first kappa shape index (κ1) is 16.3. The van der Waals surface area contributed by atoms with Crippen LogP contribution in [-0.2, 0) is 10.0 Å². The van der Waals surface area contributed by atoms with Gasteiger partial charge in [0.1, 0.15) is 5.56 Å². The number of sulfonamides is 1. The molecule has 0 spiro atoms. The Hall–Kier alpha value is -2.56. The fraction of sp³-hybridized carbons (Fsp3) is 0.0714. The van der Waals surface area contributed by atoms with E-state index in [0.717, 1.165) is 0 Å². The normalized spacial score (nSPS) is 11.6. The third-order valence-corrected chi connectivity index (χ3v) is 5.19. The number of nitrogens with zero attached hydrogens (tertiary/aromatic N) is 2. The zero-order chi connectivity index (χ0) is 17.5. The molecule has 2 heterocycles. The van der Waals surface area contributed by atoms with Crippen molar-refractivity contribution in [3.8, 4) is 0 Å². The summed E-state index contributed by atoms with van der Waals surface area (Å²) in [6, 6.07) is 5.30. The molecule has 0 atom stereocenters. The van der Waals surface area contributed by atoms with Crippen LogP contribution in [0, 0.1) is 6.92 Å². The summed E-state index contributed by atoms with van der Waals surface area (Å²) in [5.74, 6) is -0.629. The van der Waals surface area contributed by atoms with Gasteiger partial charge in [0.05, 0.1) is 4.90 Å². The summed E-state index contributed by atoms with van der Waals surface area (Å²) in [6.45, 7) is 1.75. The van der Waals surface area contributed by atoms with Crippen molar-refractivity contribution in [3.05, 3.63) is 57.5 Å². The van der Waals surface area contributed by atoms with Gasteiger partial charge in [0.2, 0.25) is 10.0 Å². The Morgan fingerprint density at radius 1 is 1.29 bits per heavy atom. The van der Waals surface area contributed by atoms with Crippen molar-refractivity contribution in [2.24, 2.45) is 5.14 Å². The molecule has 0 saturated heterocycles. The van der Waals surface area contributed by atoms with Gasteiger partial charge in [0, 0.05) is 23.0 Å². The van der Waals surface area contributed by atoms with Gasteiger partial charge >= 0.3 is 0 Å². The quantitative estimate of drug-likeness (QED) is 0.716. The van der Waals surface area contributed by atoms with Crippen molar-refractivity contribution in [2.45, 2.75) is 11.8 Å². The van der Waals surface area contributed by atoms with Crippen LogP contribution in [0.3, 0.4) is 0 Å². The zero-order valence-corrected chi connectivity index (χ0v) is 14.0. The van der Waals surface area contributed by atoms with Crippen LogP contribution < -0.4 is 16.0 Å². The van der Waals surface area contributed by atoms with E-state index < -0.39 is 21.5 Å². The van der Waals surface area contributed by atoms with E-state index in [1.165, 1.54) is 46.2 Å². The second kappa shape index (κ2) is 5.82. The van der Waals surface area contributed by atoms with Gasteiger partial charge in [-0.1, -0.05) is 0 Å². The highest BCUT2D eigenvalue weighted by molar-refractivity contribution is 7.89. The molecule has 2 aromatic heterocycles. The molecule has 124 valence electrons. The molecule has 24 heavy (non-hydrogen) atoms. The molecule has 0 unspecified atom stereocenters. The first-order valence-electron chi connectivity index (χ1n) is 6.67. The minimum absolute atomic E-state index is 0.0717. The molecule has 3 N–H and O–H groups in total. The number of thiazole rings is 1. The molecule has 0 radical (unpaired) electrons. The molecule has 3 aromatic rings. The van der Waals surface area contributed by atoms with Gasteiger partial charge in [-0.25, -0.2) is 18.5 Å². The summed E-state index contributed by atoms with van der Waals surface area (Å²) in [7, 11) is -3.80. The maximum atomic E-state index is 12.4. The molecule has 10 heteroatoms. The van der Waals surface area contributed by atoms with Gasteiger partial charge in [0.25, 0.3) is 11.5 Å². The molecule has 1 aromatic carbocycles. The molecule has 0 aliphatic heterocycles. The summed E-state index contributed by atoms with van der Waals surface area (Å²) in [5.41, 5.74) is 0.459. The number of primary sulfonamides is 1. The van der Waals surface area contributed by atoms with Gasteiger partial charge in [-0.3, -0.25) is 14.0 Å². The van der Waals surface area contributed by atoms with Crippen LogP contribution in [0.25, 0.3) is 4.96 Å². The topological polar surface area (TPSA) is 124 Å². The predicted molar refractivity (Wildman–Crippen MR) is 89.8 cm³/mol. The first-order chi connectivity index (χ1) is 11.3. The predicted octanol–water partition coefficient (Wildman–Crippen LogP) is 0.964. The fourth-order valence-electron chi connectivity index (χ4n) is 2.11. The van der Waals surface area contributed by atoms with E-state index in [1.807, 2.05) is 0 Å². The maximum Gasteiger partial charge on any atom is 0.271 e. The Morgan fingerprint density at radius 2 is 1.96 bits per heavy atom. The van der Waals surface area contributed by atoms with Crippen LogP contribution in [0.2, 0.25) is 0 Å². The molecular weight excluding hydrogens is 352 g/mol. The lowest BCUT2D eigenvalue weighted by Gasteiger charge is -2.06. The van der Waals surface area contributed by atoms with Crippen LogP contribution in [-0.4, -0.2) is 23.7 Å². The van der Waals surface area contributed by atoms with Crippen molar-refractivity contribution in [1.29, 1.82) is 0 Å². The van der Waals surface area contributed by atoms with Gasteiger partial charge in [-0.15, -0.1) is 11.3 Å². The van der Waals surface area contributed by atoms with Crippen molar-refractivity contribution in [1.82, 2.24) is 9.38 Å². The van der Waals surface area contributed by atoms with Crippen LogP contribution in [0.4, 0.5) is 5.69 Å². The number of hydrogen-bond acceptors (Lipinski definition) is 6. The molecule has 0 aliphatic carbocycles. The number of rotatable bonds is 3. The van der Waals surface area contributed by atoms with Crippen molar-refractivity contribution >= 4 is 37.9 Å². The van der Waals surface area contributed by atoms with Crippen molar-refractivity contribution in [3.63, 3.8) is 0 Å². The summed E-state index contributed by atoms with van der Waals surface area (Å²) in [5, 5.41) is 9.31. The van der Waals surface area contributed by atoms with E-state index in [4.69, 9.17) is 5.14 Å². The highest BCUT2D eigenvalue weighted by Gasteiger charge is 2.16. The second-order valence-electron chi connectivity index (χ2n) is 5.00. The monoisotopic (exact) mass is 364 g/mol. The van der Waals surface area contributed by atoms with Gasteiger partial charge in [-0.05, 0) is 31.2 Å². The molecule has 0 saturated carbocycles. The lowest BCUT2D eigenvalue weighted by Crippen LogP contribution is -2.26. The first-order valence-corrected chi connectivity index (χ1v) is 9.10. The van der Waals surface area contributed by atoms with E-state index in [0.29, 0.717) is 16.3 Å². The summed E-state index contributed by atoms with van der Waals surface area (Å²) < 4.78 is 23.8. The third kappa shape index (κ3) is 2.94. The lowest BCUT2D eigenvalue weighted by molar-refractivity contribution is 0.102. The molecule has 8 nitrogen and oxygen atoms in total. The average Bonchev–Trinajstić information content (AvgIpc) is 2.89. The number of nitrogens with two attached hydrogens (primary N) is 1. The average molecular weight is 364 g/mol. The standard InChI is InChI=1S/C14H12N4O4S2/c1-8-7-23-14-16-6-11(13(20)18(8)14)12(19)17-9-2-4-10(5-3-9)24(15,21)22/h2-7H,1H3,(H,17,19)(H2,15,21,22). The van der Waals surface area contributed by atoms with Gasteiger partial charge in [-0.2, -0.15) is 0 Å². The summed E-state index contributed by atoms with van der Waals surface area (Å²) in [6.07, 6.45) is 1.22. The third-order valence-electron chi connectivity index (χ3n) is 3.30. The summed E-state index contributed by atoms with van der Waals surface area (Å²) in [4.78, 5) is 29.2. The van der Waals surface area contributed by atoms with Crippen molar-refractivity contribution in [2.75, 3.05) is 5.32 Å². The number of aromatic nitrogens is 2. The molecule has 0 fully saturated rings. The molecule has 0 aliphatic rings. The Balaban J connectivity index is 1.92. The number of carbonyl (C=O) groups excluding carboxylic acids is 1. The van der Waals surface area contributed by atoms with Crippen LogP contribution in [0.5, 0.6) is 0 Å². The number of benzene rings is 1. The largest absolute Gasteiger partial charge is 0.322 e. The Labute approximate surface area is 140 Å². The van der Waals surface area contributed by atoms with Gasteiger partial charge < -0.3 is 5.32 Å². The lowest BCUT2D eigenvalue weighted by atomic mass is 10.2. The number of fused-ring (bicyclic) bond motifs is 1. The Kier molecular flexibility index (Phi) is 3.95. The van der Waals surface area contributed by atoms with Crippen LogP contribution >= 0.6 is 11.3 Å². The number of hydrogen-bond donors (Lipinski definition) is 2. The number of amides is 1. The van der Waals surface area contributed by atoms with Crippen molar-refractivity contribution < 1.29 is 13.2 Å². The van der Waals surface area contributed by atoms with E-state index >= 15 is 0 Å². The SMILES string of the molecule is Cc1csc2ncc(C(=O)Nc3ccc(S(N)(=O)=O)cc3)c(=O)n12. The smallest absolute Gasteiger partial charge is 0.271 e. The molecule has 1 amide bonds. The molecule has 3 rings (SSSR count). The minimum Gasteiger partial charge on any atom is -0.322 e. The van der Waals surface area contributed by atoms with Crippen LogP contribution in [0.15, 0.2) is 45.5 Å². The van der Waals surface area contributed by atoms with E-state index in [-0.39, 0.29) is 10.5 Å². The fourth-order valence-corrected chi connectivity index (χ4v) is 3.45. The number of anilines is 1. The molecular formula is C14H12N4O4S2. The van der Waals surface area contributed by atoms with E-state index in [9.17, 15) is 18.0 Å². The van der Waals surface area contributed by atoms with Gasteiger partial charge in [0.15, 0.2) is 4.96 Å². The van der Waals surface area contributed by atoms with Crippen LogP contribution in [0.1, 0.15) is 16.1 Å². The Morgan fingerprint density at radius 3 is 2.58 bits per heavy atom. The van der Waals surface area contributed by atoms with E-state index in [1.54, 1.807) is 12.3 Å². The molecule has 0 bridgehead atoms. The number of carbonyl (C=O) groups is 1. The zero-order valence-electron chi connectivity index (χ0n) is 12.4. The summed E-state index contributed by atoms with van der Waals surface area (Å²) >= 11 is 1.31. The van der Waals surface area contributed by atoms with E-state index in [2.05, 4.69) is 10.3 Å². The Bertz CT molecular complexity index is 1100. The second-order valence-corrected chi connectivity index (χ2v) is 7.39. The maximum absolute atomic E-state index is 12.4. The highest BCUT2D eigenvalue weighted by Crippen LogP contribution is 2.14. The minimum atomic E-state index is -3.80. The highest BCUT2D eigenvalue weighted by atomic mass is 32.2. The number of nitrogens with one attached hydrogen (secondary N) is 1. The number of aryl methyl sites for hydroxylation is 1.